The van der Waals surface area contributed by atoms with Crippen LogP contribution in [0.15, 0.2) is 28.6 Å². The van der Waals surface area contributed by atoms with Crippen LogP contribution in [-0.2, 0) is 19.5 Å². The molecule has 0 unspecified atom stereocenters. The summed E-state index contributed by atoms with van der Waals surface area (Å²) in [5, 5.41) is 7.06. The summed E-state index contributed by atoms with van der Waals surface area (Å²) < 4.78 is 2.04. The Morgan fingerprint density at radius 2 is 2.00 bits per heavy atom. The Balaban J connectivity index is 0.000000346. The van der Waals surface area contributed by atoms with Crippen molar-refractivity contribution in [1.29, 1.82) is 0 Å². The first-order valence-electron chi connectivity index (χ1n) is 3.62. The molecule has 1 aromatic carbocycles. The van der Waals surface area contributed by atoms with Crippen LogP contribution in [0.25, 0.3) is 10.2 Å². The van der Waals surface area contributed by atoms with Gasteiger partial charge in [-0.3, -0.25) is 0 Å². The van der Waals surface area contributed by atoms with Crippen LogP contribution in [0, 0.1) is 0 Å². The molecule has 0 aliphatic carbocycles. The second-order valence-corrected chi connectivity index (χ2v) is 4.48. The van der Waals surface area contributed by atoms with Gasteiger partial charge in [-0.25, -0.2) is 4.98 Å². The van der Waals surface area contributed by atoms with Gasteiger partial charge in [0.25, 0.3) is 5.17 Å². The minimum Gasteiger partial charge on any atom is -0.487 e. The Bertz CT molecular complexity index is 409. The number of fused-ring (bicyclic) bond motifs is 1. The van der Waals surface area contributed by atoms with Gasteiger partial charge in [-0.15, -0.1) is 24.0 Å². The molecule has 0 bridgehead atoms. The molecule has 0 amide bonds. The average Bonchev–Trinajstić information content (AvgIpc) is 2.42. The van der Waals surface area contributed by atoms with Crippen LogP contribution in [0.5, 0.6) is 0 Å². The number of aliphatic hydroxyl groups is 1. The Labute approximate surface area is 115 Å². The van der Waals surface area contributed by atoms with Crippen LogP contribution in [0.3, 0.4) is 0 Å². The molecule has 7 heteroatoms. The van der Waals surface area contributed by atoms with Gasteiger partial charge >= 0.3 is 0 Å². The maximum atomic E-state index is 7.56. The van der Waals surface area contributed by atoms with E-state index in [0.29, 0.717) is 0 Å². The zero-order valence-electron chi connectivity index (χ0n) is 7.75. The van der Waals surface area contributed by atoms with E-state index in [2.05, 4.69) is 35.6 Å². The van der Waals surface area contributed by atoms with E-state index in [4.69, 9.17) is 5.11 Å². The van der Waals surface area contributed by atoms with Gasteiger partial charge in [0.2, 0.25) is 0 Å². The normalized spacial score (nSPS) is 8.60. The summed E-state index contributed by atoms with van der Waals surface area (Å²) in [5.41, 5.74) is 5.44. The van der Waals surface area contributed by atoms with Crippen LogP contribution in [0.2, 0.25) is 0 Å². The van der Waals surface area contributed by atoms with E-state index in [0.717, 1.165) is 9.86 Å². The van der Waals surface area contributed by atoms with E-state index in [-0.39, 0.29) is 19.5 Å². The largest absolute Gasteiger partial charge is 0.487 e. The summed E-state index contributed by atoms with van der Waals surface area (Å²) in [7, 11) is 0. The van der Waals surface area contributed by atoms with Crippen LogP contribution >= 0.6 is 36.2 Å². The van der Waals surface area contributed by atoms with Crippen molar-refractivity contribution in [2.24, 2.45) is 5.73 Å². The quantitative estimate of drug-likeness (QED) is 0.397. The molecule has 15 heavy (non-hydrogen) atoms. The zero-order valence-corrected chi connectivity index (χ0v) is 13.2. The predicted molar refractivity (Wildman–Crippen MR) is 66.3 cm³/mol. The van der Waals surface area contributed by atoms with Crippen LogP contribution in [0.4, 0.5) is 0 Å². The van der Waals surface area contributed by atoms with E-state index < -0.39 is 5.17 Å². The molecular formula is C8H8N2OS3Zn. The molecule has 1 aromatic heterocycles. The number of aliphatic hydroxyl groups excluding tert-OH is 1. The number of aromatic nitrogens is 1. The number of nitrogens with zero attached hydrogens (tertiary/aromatic N) is 1. The van der Waals surface area contributed by atoms with Crippen molar-refractivity contribution < 1.29 is 24.6 Å². The Morgan fingerprint density at radius 1 is 1.47 bits per heavy atom. The monoisotopic (exact) mass is 308 g/mol. The number of rotatable bonds is 0. The van der Waals surface area contributed by atoms with Crippen molar-refractivity contribution in [1.82, 2.24) is 4.98 Å². The maximum Gasteiger partial charge on any atom is 0.251 e. The SMILES string of the molecule is NC(O)=S.Sc1nc2ccccc2s1.[Zn]. The summed E-state index contributed by atoms with van der Waals surface area (Å²) >= 11 is 9.63. The van der Waals surface area contributed by atoms with E-state index >= 15 is 0 Å². The van der Waals surface area contributed by atoms with Gasteiger partial charge in [-0.2, -0.15) is 0 Å². The number of hydrogen-bond acceptors (Lipinski definition) is 4. The molecule has 0 saturated carbocycles. The van der Waals surface area contributed by atoms with Crippen molar-refractivity contribution in [2.45, 2.75) is 4.34 Å². The van der Waals surface area contributed by atoms with Gasteiger partial charge in [-0.1, -0.05) is 12.1 Å². The molecule has 2 aromatic rings. The fourth-order valence-corrected chi connectivity index (χ4v) is 1.97. The minimum absolute atomic E-state index is 0. The number of thiazole rings is 1. The van der Waals surface area contributed by atoms with Gasteiger partial charge in [0.15, 0.2) is 0 Å². The molecule has 0 spiro atoms. The maximum absolute atomic E-state index is 7.56. The second-order valence-electron chi connectivity index (χ2n) is 2.30. The summed E-state index contributed by atoms with van der Waals surface area (Å²) in [6, 6.07) is 8.03. The molecule has 0 aliphatic rings. The van der Waals surface area contributed by atoms with Gasteiger partial charge in [0.1, 0.15) is 4.34 Å². The van der Waals surface area contributed by atoms with Crippen LogP contribution < -0.4 is 5.73 Å². The Morgan fingerprint density at radius 3 is 2.53 bits per heavy atom. The molecule has 0 saturated heterocycles. The third kappa shape index (κ3) is 5.42. The number of para-hydroxylation sites is 1. The fourth-order valence-electron chi connectivity index (χ4n) is 0.860. The topological polar surface area (TPSA) is 59.1 Å². The Hall–Kier alpha value is -0.227. The van der Waals surface area contributed by atoms with Gasteiger partial charge < -0.3 is 10.8 Å². The molecular weight excluding hydrogens is 302 g/mol. The number of hydrogen-bond donors (Lipinski definition) is 3. The third-order valence-electron chi connectivity index (χ3n) is 1.28. The molecule has 76 valence electrons. The first kappa shape index (κ1) is 14.8. The molecule has 3 N–H and O–H groups in total. The zero-order chi connectivity index (χ0) is 10.6. The van der Waals surface area contributed by atoms with E-state index in [1.54, 1.807) is 11.3 Å². The summed E-state index contributed by atoms with van der Waals surface area (Å²) in [6.45, 7) is 0. The van der Waals surface area contributed by atoms with Crippen LogP contribution in [-0.4, -0.2) is 15.3 Å². The summed E-state index contributed by atoms with van der Waals surface area (Å²) in [4.78, 5) is 4.20. The summed E-state index contributed by atoms with van der Waals surface area (Å²) in [6.07, 6.45) is 0. The van der Waals surface area contributed by atoms with Crippen molar-refractivity contribution in [2.75, 3.05) is 0 Å². The predicted octanol–water partition coefficient (Wildman–Crippen LogP) is 2.37. The third-order valence-corrected chi connectivity index (χ3v) is 2.50. The second kappa shape index (κ2) is 7.11. The van der Waals surface area contributed by atoms with Gasteiger partial charge in [0.05, 0.1) is 10.2 Å². The molecule has 0 aliphatic heterocycles. The first-order chi connectivity index (χ1) is 6.59. The van der Waals surface area contributed by atoms with Gasteiger partial charge in [-0.05, 0) is 24.4 Å². The standard InChI is InChI=1S/C7H5NS2.CH3NOS.Zn/c9-7-8-5-3-1-2-4-6(5)10-7;2-1(3)4;/h1-4H,(H,8,9);(H3,2,3,4);. The molecule has 2 rings (SSSR count). The van der Waals surface area contributed by atoms with Gasteiger partial charge in [0, 0.05) is 19.5 Å². The number of thiocarbonyl (C=S) groups is 1. The van der Waals surface area contributed by atoms with Crippen LogP contribution in [0.1, 0.15) is 0 Å². The molecule has 3 nitrogen and oxygen atoms in total. The smallest absolute Gasteiger partial charge is 0.251 e. The van der Waals surface area contributed by atoms with Crippen molar-refractivity contribution in [3.8, 4) is 0 Å². The molecule has 1 heterocycles. The Kier molecular flexibility index (Phi) is 7.01. The molecule has 0 fully saturated rings. The number of nitrogens with two attached hydrogens (primary N) is 1. The minimum atomic E-state index is -0.500. The van der Waals surface area contributed by atoms with Crippen molar-refractivity contribution in [3.05, 3.63) is 24.3 Å². The van der Waals surface area contributed by atoms with E-state index in [1.165, 1.54) is 4.70 Å². The number of benzene rings is 1. The van der Waals surface area contributed by atoms with E-state index in [9.17, 15) is 0 Å². The average molecular weight is 310 g/mol. The summed E-state index contributed by atoms with van der Waals surface area (Å²) in [5.74, 6) is 0. The first-order valence-corrected chi connectivity index (χ1v) is 5.29. The van der Waals surface area contributed by atoms with Crippen molar-refractivity contribution >= 4 is 51.6 Å². The number of thiol groups is 1. The fraction of sp³-hybridized carbons (Fsp3) is 0. The molecule has 0 atom stereocenters. The van der Waals surface area contributed by atoms with Crippen molar-refractivity contribution in [3.63, 3.8) is 0 Å². The molecule has 0 radical (unpaired) electrons. The van der Waals surface area contributed by atoms with E-state index in [1.807, 2.05) is 24.3 Å².